The van der Waals surface area contributed by atoms with Crippen molar-refractivity contribution < 1.29 is 0 Å². The van der Waals surface area contributed by atoms with Crippen LogP contribution in [0.4, 0.5) is 11.9 Å². The van der Waals surface area contributed by atoms with E-state index in [0.29, 0.717) is 11.5 Å². The molecule has 25 heavy (non-hydrogen) atoms. The first-order valence-corrected chi connectivity index (χ1v) is 8.21. The molecule has 0 aliphatic carbocycles. The van der Waals surface area contributed by atoms with E-state index < -0.39 is 0 Å². The predicted molar refractivity (Wildman–Crippen MR) is 99.6 cm³/mol. The molecular formula is C17H15N7S. The van der Waals surface area contributed by atoms with E-state index in [9.17, 15) is 5.26 Å². The number of aromatic nitrogens is 4. The standard InChI is InChI=1S/C17H15N7S/c1-24(2)17-22-14(21-16(19)23-17)12(9-18)8-13-10-20-15(25-13)11-6-4-3-5-7-11/h3-8,10H,1-2H3,(H2,19,21,22,23)/b12-8+. The molecule has 124 valence electrons. The molecule has 0 saturated carbocycles. The molecule has 0 aliphatic rings. The minimum atomic E-state index is 0.0733. The molecule has 0 radical (unpaired) electrons. The summed E-state index contributed by atoms with van der Waals surface area (Å²) in [4.78, 5) is 19.3. The molecule has 3 aromatic rings. The average molecular weight is 349 g/mol. The molecule has 3 rings (SSSR count). The first-order valence-electron chi connectivity index (χ1n) is 7.39. The summed E-state index contributed by atoms with van der Waals surface area (Å²) in [7, 11) is 3.59. The Kier molecular flexibility index (Phi) is 4.68. The maximum atomic E-state index is 9.50. The van der Waals surface area contributed by atoms with Gasteiger partial charge in [0.15, 0.2) is 5.82 Å². The van der Waals surface area contributed by atoms with Crippen molar-refractivity contribution in [3.8, 4) is 16.6 Å². The molecule has 0 amide bonds. The minimum Gasteiger partial charge on any atom is -0.368 e. The number of thiazole rings is 1. The Hall–Kier alpha value is -3.31. The molecule has 0 aliphatic heterocycles. The molecule has 0 bridgehead atoms. The molecule has 0 saturated heterocycles. The number of allylic oxidation sites excluding steroid dienone is 1. The van der Waals surface area contributed by atoms with Crippen molar-refractivity contribution in [3.05, 3.63) is 47.2 Å². The number of nitrogens with two attached hydrogens (primary N) is 1. The topological polar surface area (TPSA) is 105 Å². The van der Waals surface area contributed by atoms with Crippen LogP contribution in [-0.4, -0.2) is 34.0 Å². The minimum absolute atomic E-state index is 0.0733. The van der Waals surface area contributed by atoms with Gasteiger partial charge in [0.2, 0.25) is 11.9 Å². The fourth-order valence-electron chi connectivity index (χ4n) is 2.06. The van der Waals surface area contributed by atoms with Gasteiger partial charge in [-0.1, -0.05) is 30.3 Å². The van der Waals surface area contributed by atoms with Crippen molar-refractivity contribution in [2.45, 2.75) is 0 Å². The lowest BCUT2D eigenvalue weighted by Gasteiger charge is -2.10. The summed E-state index contributed by atoms with van der Waals surface area (Å²) in [6.45, 7) is 0. The Morgan fingerprint density at radius 3 is 2.64 bits per heavy atom. The van der Waals surface area contributed by atoms with Crippen LogP contribution in [0.3, 0.4) is 0 Å². The van der Waals surface area contributed by atoms with Gasteiger partial charge in [0, 0.05) is 30.7 Å². The lowest BCUT2D eigenvalue weighted by Crippen LogP contribution is -2.15. The fourth-order valence-corrected chi connectivity index (χ4v) is 2.92. The maximum Gasteiger partial charge on any atom is 0.230 e. The summed E-state index contributed by atoms with van der Waals surface area (Å²) < 4.78 is 0. The number of hydrogen-bond donors (Lipinski definition) is 1. The van der Waals surface area contributed by atoms with E-state index in [1.54, 1.807) is 31.3 Å². The fraction of sp³-hybridized carbons (Fsp3) is 0.118. The zero-order valence-corrected chi connectivity index (χ0v) is 14.5. The third kappa shape index (κ3) is 3.79. The van der Waals surface area contributed by atoms with Gasteiger partial charge in [0.25, 0.3) is 0 Å². The van der Waals surface area contributed by atoms with Crippen LogP contribution in [0.5, 0.6) is 0 Å². The summed E-state index contributed by atoms with van der Waals surface area (Å²) in [5.41, 5.74) is 7.07. The average Bonchev–Trinajstić information content (AvgIpc) is 3.08. The second-order valence-corrected chi connectivity index (χ2v) is 6.38. The molecule has 0 unspecified atom stereocenters. The van der Waals surface area contributed by atoms with Crippen molar-refractivity contribution >= 4 is 34.9 Å². The van der Waals surface area contributed by atoms with E-state index in [2.05, 4.69) is 26.0 Å². The van der Waals surface area contributed by atoms with Crippen LogP contribution in [0.25, 0.3) is 22.2 Å². The Labute approximate surface area is 149 Å². The van der Waals surface area contributed by atoms with Crippen LogP contribution in [0, 0.1) is 11.3 Å². The van der Waals surface area contributed by atoms with E-state index >= 15 is 0 Å². The number of nitriles is 1. The van der Waals surface area contributed by atoms with Crippen LogP contribution < -0.4 is 10.6 Å². The van der Waals surface area contributed by atoms with Crippen LogP contribution in [0.2, 0.25) is 0 Å². The van der Waals surface area contributed by atoms with Gasteiger partial charge >= 0.3 is 0 Å². The van der Waals surface area contributed by atoms with Crippen LogP contribution in [-0.2, 0) is 0 Å². The molecule has 0 atom stereocenters. The molecule has 2 N–H and O–H groups in total. The van der Waals surface area contributed by atoms with Crippen molar-refractivity contribution in [1.29, 1.82) is 5.26 Å². The van der Waals surface area contributed by atoms with Gasteiger partial charge in [-0.2, -0.15) is 20.2 Å². The second kappa shape index (κ2) is 7.07. The maximum absolute atomic E-state index is 9.50. The summed E-state index contributed by atoms with van der Waals surface area (Å²) in [6, 6.07) is 12.0. The Bertz CT molecular complexity index is 955. The highest BCUT2D eigenvalue weighted by molar-refractivity contribution is 7.15. The third-order valence-corrected chi connectivity index (χ3v) is 4.23. The molecule has 0 spiro atoms. The van der Waals surface area contributed by atoms with Gasteiger partial charge in [-0.25, -0.2) is 4.98 Å². The van der Waals surface area contributed by atoms with Gasteiger partial charge in [-0.05, 0) is 6.08 Å². The summed E-state index contributed by atoms with van der Waals surface area (Å²) in [5.74, 6) is 0.718. The van der Waals surface area contributed by atoms with Gasteiger partial charge < -0.3 is 10.6 Å². The number of hydrogen-bond acceptors (Lipinski definition) is 8. The molecule has 7 nitrogen and oxygen atoms in total. The highest BCUT2D eigenvalue weighted by Crippen LogP contribution is 2.27. The van der Waals surface area contributed by atoms with E-state index in [-0.39, 0.29) is 11.8 Å². The van der Waals surface area contributed by atoms with Crippen molar-refractivity contribution in [2.75, 3.05) is 24.7 Å². The van der Waals surface area contributed by atoms with E-state index in [1.807, 2.05) is 30.3 Å². The Morgan fingerprint density at radius 2 is 1.96 bits per heavy atom. The Morgan fingerprint density at radius 1 is 1.20 bits per heavy atom. The zero-order chi connectivity index (χ0) is 17.8. The molecule has 2 aromatic heterocycles. The third-order valence-electron chi connectivity index (χ3n) is 3.23. The monoisotopic (exact) mass is 349 g/mol. The van der Waals surface area contributed by atoms with Crippen LogP contribution >= 0.6 is 11.3 Å². The number of benzene rings is 1. The highest BCUT2D eigenvalue weighted by atomic mass is 32.1. The molecule has 2 heterocycles. The van der Waals surface area contributed by atoms with Crippen molar-refractivity contribution in [1.82, 2.24) is 19.9 Å². The van der Waals surface area contributed by atoms with Crippen molar-refractivity contribution in [3.63, 3.8) is 0 Å². The van der Waals surface area contributed by atoms with Gasteiger partial charge in [-0.15, -0.1) is 11.3 Å². The van der Waals surface area contributed by atoms with E-state index in [4.69, 9.17) is 5.73 Å². The lowest BCUT2D eigenvalue weighted by molar-refractivity contribution is 0.952. The summed E-state index contributed by atoms with van der Waals surface area (Å²) in [6.07, 6.45) is 3.43. The largest absolute Gasteiger partial charge is 0.368 e. The number of nitrogen functional groups attached to an aromatic ring is 1. The molecule has 8 heteroatoms. The number of nitrogens with zero attached hydrogens (tertiary/aromatic N) is 6. The summed E-state index contributed by atoms with van der Waals surface area (Å²) >= 11 is 1.49. The van der Waals surface area contributed by atoms with Crippen LogP contribution in [0.1, 0.15) is 10.7 Å². The lowest BCUT2D eigenvalue weighted by atomic mass is 10.2. The first kappa shape index (κ1) is 16.5. The van der Waals surface area contributed by atoms with E-state index in [0.717, 1.165) is 15.4 Å². The smallest absolute Gasteiger partial charge is 0.230 e. The number of rotatable bonds is 4. The van der Waals surface area contributed by atoms with E-state index in [1.165, 1.54) is 11.3 Å². The normalized spacial score (nSPS) is 11.2. The molecule has 0 fully saturated rings. The van der Waals surface area contributed by atoms with Gasteiger partial charge in [-0.3, -0.25) is 0 Å². The first-order chi connectivity index (χ1) is 12.1. The van der Waals surface area contributed by atoms with Crippen molar-refractivity contribution in [2.24, 2.45) is 0 Å². The molecular weight excluding hydrogens is 334 g/mol. The number of anilines is 2. The second-order valence-electron chi connectivity index (χ2n) is 5.32. The predicted octanol–water partition coefficient (Wildman–Crippen LogP) is 2.71. The zero-order valence-electron chi connectivity index (χ0n) is 13.7. The SMILES string of the molecule is CN(C)c1nc(N)nc(/C(C#N)=C/c2cnc(-c3ccccc3)s2)n1. The summed E-state index contributed by atoms with van der Waals surface area (Å²) in [5, 5.41) is 10.4. The van der Waals surface area contributed by atoms with Crippen LogP contribution in [0.15, 0.2) is 36.5 Å². The molecule has 1 aromatic carbocycles. The Balaban J connectivity index is 1.97. The van der Waals surface area contributed by atoms with Gasteiger partial charge in [0.05, 0.1) is 5.57 Å². The quantitative estimate of drug-likeness (QED) is 0.722. The van der Waals surface area contributed by atoms with Gasteiger partial charge in [0.1, 0.15) is 11.1 Å². The highest BCUT2D eigenvalue weighted by Gasteiger charge is 2.12.